The van der Waals surface area contributed by atoms with E-state index in [1.807, 2.05) is 31.3 Å². The lowest BCUT2D eigenvalue weighted by atomic mass is 10.2. The molecule has 0 saturated heterocycles. The minimum absolute atomic E-state index is 0.322. The second-order valence-electron chi connectivity index (χ2n) is 5.79. The van der Waals surface area contributed by atoms with Crippen LogP contribution in [-0.4, -0.2) is 35.7 Å². The minimum atomic E-state index is -0.322. The number of carbonyl (C=O) groups is 1. The topological polar surface area (TPSA) is 77.2 Å². The molecular formula is C19H20N4O3. The molecule has 0 fully saturated rings. The molecule has 0 unspecified atom stereocenters. The number of fused-ring (bicyclic) bond motifs is 1. The summed E-state index contributed by atoms with van der Waals surface area (Å²) in [5.41, 5.74) is 6.20. The van der Waals surface area contributed by atoms with Crippen LogP contribution in [0.5, 0.6) is 11.5 Å². The van der Waals surface area contributed by atoms with Crippen molar-refractivity contribution >= 4 is 17.8 Å². The molecule has 26 heavy (non-hydrogen) atoms. The van der Waals surface area contributed by atoms with Crippen molar-refractivity contribution in [1.29, 1.82) is 0 Å². The van der Waals surface area contributed by atoms with Crippen LogP contribution in [0.4, 0.5) is 0 Å². The highest BCUT2D eigenvalue weighted by Gasteiger charge is 2.16. The van der Waals surface area contributed by atoms with E-state index in [-0.39, 0.29) is 5.91 Å². The van der Waals surface area contributed by atoms with Gasteiger partial charge in [-0.25, -0.2) is 10.4 Å². The predicted molar refractivity (Wildman–Crippen MR) is 99.3 cm³/mol. The van der Waals surface area contributed by atoms with Crippen molar-refractivity contribution in [3.05, 3.63) is 59.0 Å². The van der Waals surface area contributed by atoms with Gasteiger partial charge >= 0.3 is 0 Å². The van der Waals surface area contributed by atoms with Crippen molar-refractivity contribution in [1.82, 2.24) is 14.8 Å². The molecule has 3 aromatic rings. The van der Waals surface area contributed by atoms with E-state index in [0.717, 1.165) is 16.8 Å². The number of methoxy groups -OCH3 is 2. The molecule has 1 aromatic carbocycles. The molecule has 0 saturated carbocycles. The Morgan fingerprint density at radius 2 is 1.92 bits per heavy atom. The molecule has 0 spiro atoms. The van der Waals surface area contributed by atoms with Crippen LogP contribution in [0.15, 0.2) is 41.6 Å². The van der Waals surface area contributed by atoms with Gasteiger partial charge in [0.15, 0.2) is 11.5 Å². The van der Waals surface area contributed by atoms with Gasteiger partial charge in [0.05, 0.1) is 26.1 Å². The number of benzene rings is 1. The summed E-state index contributed by atoms with van der Waals surface area (Å²) >= 11 is 0. The number of rotatable bonds is 5. The third kappa shape index (κ3) is 3.37. The van der Waals surface area contributed by atoms with Gasteiger partial charge in [0.1, 0.15) is 11.3 Å². The number of imidazole rings is 1. The molecule has 1 amide bonds. The van der Waals surface area contributed by atoms with Gasteiger partial charge in [-0.3, -0.25) is 9.20 Å². The number of amides is 1. The summed E-state index contributed by atoms with van der Waals surface area (Å²) < 4.78 is 12.2. The van der Waals surface area contributed by atoms with E-state index in [1.165, 1.54) is 0 Å². The Bertz CT molecular complexity index is 992. The van der Waals surface area contributed by atoms with Crippen molar-refractivity contribution in [2.75, 3.05) is 14.2 Å². The van der Waals surface area contributed by atoms with Crippen LogP contribution in [0.25, 0.3) is 5.65 Å². The number of hydrogen-bond acceptors (Lipinski definition) is 5. The standard InChI is InChI=1S/C19H20N4O3/c1-12-5-8-17-21-13(2)18(23(17)11-12)19(24)22-20-10-14-6-7-15(25-3)16(9-14)26-4/h5-11H,1-4H3,(H,22,24)/b20-10-. The number of hydrogen-bond donors (Lipinski definition) is 1. The van der Waals surface area contributed by atoms with E-state index in [2.05, 4.69) is 15.5 Å². The van der Waals surface area contributed by atoms with E-state index in [4.69, 9.17) is 9.47 Å². The number of aromatic nitrogens is 2. The van der Waals surface area contributed by atoms with Crippen LogP contribution in [-0.2, 0) is 0 Å². The van der Waals surface area contributed by atoms with Crippen LogP contribution >= 0.6 is 0 Å². The van der Waals surface area contributed by atoms with Crippen LogP contribution in [0.3, 0.4) is 0 Å². The van der Waals surface area contributed by atoms with Crippen molar-refractivity contribution in [3.8, 4) is 11.5 Å². The summed E-state index contributed by atoms with van der Waals surface area (Å²) in [6.07, 6.45) is 3.42. The highest BCUT2D eigenvalue weighted by atomic mass is 16.5. The second kappa shape index (κ2) is 7.26. The average Bonchev–Trinajstić information content (AvgIpc) is 2.96. The molecule has 2 heterocycles. The van der Waals surface area contributed by atoms with Crippen LogP contribution in [0, 0.1) is 13.8 Å². The number of nitrogens with one attached hydrogen (secondary N) is 1. The Labute approximate surface area is 151 Å². The van der Waals surface area contributed by atoms with E-state index in [0.29, 0.717) is 22.9 Å². The molecule has 0 aliphatic rings. The summed E-state index contributed by atoms with van der Waals surface area (Å²) in [6.45, 7) is 3.76. The van der Waals surface area contributed by atoms with Crippen molar-refractivity contribution in [2.24, 2.45) is 5.10 Å². The summed E-state index contributed by atoms with van der Waals surface area (Å²) in [7, 11) is 3.14. The number of aryl methyl sites for hydroxylation is 2. The zero-order valence-corrected chi connectivity index (χ0v) is 15.1. The Morgan fingerprint density at radius 3 is 2.65 bits per heavy atom. The quantitative estimate of drug-likeness (QED) is 0.566. The van der Waals surface area contributed by atoms with Gasteiger partial charge in [0, 0.05) is 6.20 Å². The third-order valence-corrected chi connectivity index (χ3v) is 3.94. The van der Waals surface area contributed by atoms with E-state index < -0.39 is 0 Å². The van der Waals surface area contributed by atoms with Crippen molar-refractivity contribution < 1.29 is 14.3 Å². The van der Waals surface area contributed by atoms with Crippen molar-refractivity contribution in [2.45, 2.75) is 13.8 Å². The number of carbonyl (C=O) groups excluding carboxylic acids is 1. The fourth-order valence-electron chi connectivity index (χ4n) is 2.69. The third-order valence-electron chi connectivity index (χ3n) is 3.94. The molecule has 1 N–H and O–H groups in total. The Hall–Kier alpha value is -3.35. The smallest absolute Gasteiger partial charge is 0.290 e. The van der Waals surface area contributed by atoms with Gasteiger partial charge < -0.3 is 9.47 Å². The predicted octanol–water partition coefficient (Wildman–Crippen LogP) is 2.73. The second-order valence-corrected chi connectivity index (χ2v) is 5.79. The normalized spacial score (nSPS) is 11.1. The minimum Gasteiger partial charge on any atom is -0.493 e. The number of ether oxygens (including phenoxy) is 2. The number of pyridine rings is 1. The first-order valence-corrected chi connectivity index (χ1v) is 8.04. The molecule has 7 nitrogen and oxygen atoms in total. The molecule has 7 heteroatoms. The summed E-state index contributed by atoms with van der Waals surface area (Å²) in [6, 6.07) is 9.21. The lowest BCUT2D eigenvalue weighted by molar-refractivity contribution is 0.0948. The lowest BCUT2D eigenvalue weighted by Crippen LogP contribution is -2.20. The molecule has 0 aliphatic carbocycles. The average molecular weight is 352 g/mol. The lowest BCUT2D eigenvalue weighted by Gasteiger charge is -2.07. The van der Waals surface area contributed by atoms with Crippen LogP contribution in [0.1, 0.15) is 27.3 Å². The fraction of sp³-hybridized carbons (Fsp3) is 0.211. The first-order valence-electron chi connectivity index (χ1n) is 8.04. The van der Waals surface area contributed by atoms with E-state index in [9.17, 15) is 4.79 Å². The highest BCUT2D eigenvalue weighted by Crippen LogP contribution is 2.26. The highest BCUT2D eigenvalue weighted by molar-refractivity contribution is 5.95. The van der Waals surface area contributed by atoms with Crippen molar-refractivity contribution in [3.63, 3.8) is 0 Å². The monoisotopic (exact) mass is 352 g/mol. The van der Waals surface area contributed by atoms with Gasteiger partial charge in [-0.2, -0.15) is 5.10 Å². The first-order chi connectivity index (χ1) is 12.5. The van der Waals surface area contributed by atoms with Crippen LogP contribution < -0.4 is 14.9 Å². The fourth-order valence-corrected chi connectivity index (χ4v) is 2.69. The molecule has 0 bridgehead atoms. The van der Waals surface area contributed by atoms with Gasteiger partial charge in [-0.15, -0.1) is 0 Å². The molecule has 0 aliphatic heterocycles. The molecule has 0 atom stereocenters. The van der Waals surface area contributed by atoms with Gasteiger partial charge in [-0.1, -0.05) is 6.07 Å². The maximum Gasteiger partial charge on any atom is 0.290 e. The summed E-state index contributed by atoms with van der Waals surface area (Å²) in [5, 5.41) is 4.04. The molecule has 2 aromatic heterocycles. The van der Waals surface area contributed by atoms with Gasteiger partial charge in [0.2, 0.25) is 0 Å². The Kier molecular flexibility index (Phi) is 4.88. The maximum atomic E-state index is 12.5. The zero-order valence-electron chi connectivity index (χ0n) is 15.1. The molecule has 134 valence electrons. The number of nitrogens with zero attached hydrogens (tertiary/aromatic N) is 3. The SMILES string of the molecule is COc1ccc(/C=N\NC(=O)c2c(C)nc3ccc(C)cn23)cc1OC. The van der Waals surface area contributed by atoms with Gasteiger partial charge in [0.25, 0.3) is 5.91 Å². The largest absolute Gasteiger partial charge is 0.493 e. The molecule has 3 rings (SSSR count). The first kappa shape index (κ1) is 17.5. The Morgan fingerprint density at radius 1 is 1.15 bits per heavy atom. The molecular weight excluding hydrogens is 332 g/mol. The summed E-state index contributed by atoms with van der Waals surface area (Å²) in [4.78, 5) is 16.9. The zero-order chi connectivity index (χ0) is 18.7. The van der Waals surface area contributed by atoms with Crippen LogP contribution in [0.2, 0.25) is 0 Å². The Balaban J connectivity index is 1.80. The van der Waals surface area contributed by atoms with E-state index >= 15 is 0 Å². The van der Waals surface area contributed by atoms with E-state index in [1.54, 1.807) is 43.9 Å². The summed E-state index contributed by atoms with van der Waals surface area (Å²) in [5.74, 6) is 0.901. The number of hydrazone groups is 1. The maximum absolute atomic E-state index is 12.5. The molecule has 0 radical (unpaired) electrons. The van der Waals surface area contributed by atoms with Gasteiger partial charge in [-0.05, 0) is 49.2 Å².